The first kappa shape index (κ1) is 97.2. The van der Waals surface area contributed by atoms with Crippen LogP contribution in [0.1, 0.15) is 342 Å². The lowest BCUT2D eigenvalue weighted by Gasteiger charge is -2.21. The van der Waals surface area contributed by atoms with Crippen molar-refractivity contribution in [3.05, 3.63) is 109 Å². The number of phosphoric ester groups is 2. The molecule has 0 aliphatic carbocycles. The van der Waals surface area contributed by atoms with Gasteiger partial charge in [-0.05, 0) is 135 Å². The van der Waals surface area contributed by atoms with E-state index in [2.05, 4.69) is 130 Å². The van der Waals surface area contributed by atoms with Crippen LogP contribution >= 0.6 is 15.6 Å². The standard InChI is InChI=1S/C83H146O16P2/c1-4-7-10-13-16-19-22-25-27-29-31-33-34-35-36-37-38-39-40-41-42-44-46-47-49-52-54-57-60-63-66-69-81(86)93-72-78(84)73-95-100(89,90)96-74-79(85)75-97-101(91,92)98-77-80(99-83(88)71-68-65-62-59-56-51-24-21-18-15-12-9-6-3)76-94-82(87)70-67-64-61-58-55-53-50-48-45-43-32-30-28-26-23-20-17-14-11-8-5-2/h16-17,19-21,24-28,31-33,35-36,43,48,50,78-80,84-85H,4-15,18,22-23,29-30,34,37-42,44-47,49,51-77H2,1-3H3,(H,89,90)(H,91,92)/b19-16-,20-17-,24-21-,27-25-,28-26-,33-31-,36-35-,43-32-,50-48-. The molecule has 5 atom stereocenters. The van der Waals surface area contributed by atoms with Crippen LogP contribution < -0.4 is 0 Å². The molecule has 0 spiro atoms. The summed E-state index contributed by atoms with van der Waals surface area (Å²) in [4.78, 5) is 58.6. The van der Waals surface area contributed by atoms with Crippen molar-refractivity contribution in [1.29, 1.82) is 0 Å². The average molecular weight is 1460 g/mol. The van der Waals surface area contributed by atoms with Gasteiger partial charge in [0.15, 0.2) is 6.10 Å². The van der Waals surface area contributed by atoms with E-state index in [1.807, 2.05) is 0 Å². The van der Waals surface area contributed by atoms with Crippen LogP contribution in [0.25, 0.3) is 0 Å². The molecule has 0 amide bonds. The Kier molecular flexibility index (Phi) is 73.0. The zero-order valence-corrected chi connectivity index (χ0v) is 65.6. The third-order valence-electron chi connectivity index (χ3n) is 16.9. The third-order valence-corrected chi connectivity index (χ3v) is 18.8. The molecule has 0 rings (SSSR count). The predicted octanol–water partition coefficient (Wildman–Crippen LogP) is 23.5. The van der Waals surface area contributed by atoms with Crippen LogP contribution in [0.2, 0.25) is 0 Å². The highest BCUT2D eigenvalue weighted by Gasteiger charge is 2.29. The number of hydrogen-bond donors (Lipinski definition) is 4. The van der Waals surface area contributed by atoms with Crippen LogP contribution in [0.4, 0.5) is 0 Å². The molecule has 0 fully saturated rings. The molecule has 5 unspecified atom stereocenters. The van der Waals surface area contributed by atoms with Gasteiger partial charge in [-0.2, -0.15) is 0 Å². The van der Waals surface area contributed by atoms with Gasteiger partial charge in [0.1, 0.15) is 25.4 Å². The Hall–Kier alpha value is -3.79. The second kappa shape index (κ2) is 75.9. The number of phosphoric acid groups is 2. The highest BCUT2D eigenvalue weighted by atomic mass is 31.2. The first-order valence-electron chi connectivity index (χ1n) is 40.2. The molecule has 0 aliphatic heterocycles. The van der Waals surface area contributed by atoms with Crippen LogP contribution in [-0.4, -0.2) is 95.9 Å². The Balaban J connectivity index is 4.46. The van der Waals surface area contributed by atoms with Crippen molar-refractivity contribution >= 4 is 33.6 Å². The van der Waals surface area contributed by atoms with E-state index in [0.29, 0.717) is 19.3 Å². The molecule has 18 heteroatoms. The van der Waals surface area contributed by atoms with Gasteiger partial charge in [-0.3, -0.25) is 32.5 Å². The van der Waals surface area contributed by atoms with Gasteiger partial charge in [0, 0.05) is 19.3 Å². The molecule has 0 aromatic carbocycles. The molecule has 0 heterocycles. The lowest BCUT2D eigenvalue weighted by atomic mass is 10.0. The van der Waals surface area contributed by atoms with Gasteiger partial charge in [-0.25, -0.2) is 9.13 Å². The molecule has 0 saturated carbocycles. The lowest BCUT2D eigenvalue weighted by molar-refractivity contribution is -0.161. The monoisotopic (exact) mass is 1460 g/mol. The first-order valence-corrected chi connectivity index (χ1v) is 43.2. The third kappa shape index (κ3) is 77.1. The largest absolute Gasteiger partial charge is 0.472 e. The molecule has 0 aliphatic rings. The molecule has 0 aromatic heterocycles. The molecule has 16 nitrogen and oxygen atoms in total. The minimum absolute atomic E-state index is 0.0896. The number of hydrogen-bond acceptors (Lipinski definition) is 14. The molecular formula is C83H146O16P2. The predicted molar refractivity (Wildman–Crippen MR) is 417 cm³/mol. The van der Waals surface area contributed by atoms with E-state index in [0.717, 1.165) is 128 Å². The minimum Gasteiger partial charge on any atom is -0.463 e. The smallest absolute Gasteiger partial charge is 0.463 e. The van der Waals surface area contributed by atoms with Gasteiger partial charge in [-0.15, -0.1) is 0 Å². The quantitative estimate of drug-likeness (QED) is 0.0146. The topological polar surface area (TPSA) is 231 Å². The molecule has 4 N–H and O–H groups in total. The molecule has 584 valence electrons. The van der Waals surface area contributed by atoms with Gasteiger partial charge in [0.25, 0.3) is 0 Å². The fourth-order valence-corrected chi connectivity index (χ4v) is 12.4. The van der Waals surface area contributed by atoms with Gasteiger partial charge < -0.3 is 34.2 Å². The zero-order chi connectivity index (χ0) is 73.7. The Morgan fingerprint density at radius 2 is 0.495 bits per heavy atom. The van der Waals surface area contributed by atoms with Gasteiger partial charge in [-0.1, -0.05) is 297 Å². The maximum atomic E-state index is 12.9. The van der Waals surface area contributed by atoms with Crippen LogP contribution in [0.15, 0.2) is 109 Å². The maximum absolute atomic E-state index is 12.9. The Labute approximate surface area is 615 Å². The van der Waals surface area contributed by atoms with Crippen LogP contribution in [0.3, 0.4) is 0 Å². The molecule has 0 saturated heterocycles. The Morgan fingerprint density at radius 3 is 0.812 bits per heavy atom. The van der Waals surface area contributed by atoms with Crippen molar-refractivity contribution in [2.75, 3.05) is 39.6 Å². The number of carbonyl (C=O) groups is 3. The Morgan fingerprint density at radius 1 is 0.277 bits per heavy atom. The highest BCUT2D eigenvalue weighted by molar-refractivity contribution is 7.47. The van der Waals surface area contributed by atoms with E-state index < -0.39 is 91.5 Å². The maximum Gasteiger partial charge on any atom is 0.472 e. The van der Waals surface area contributed by atoms with E-state index in [1.165, 1.54) is 154 Å². The molecule has 0 aromatic rings. The van der Waals surface area contributed by atoms with E-state index in [9.17, 15) is 43.5 Å². The van der Waals surface area contributed by atoms with E-state index in [1.54, 1.807) is 0 Å². The Bertz CT molecular complexity index is 2270. The number of aliphatic hydroxyl groups is 2. The van der Waals surface area contributed by atoms with Crippen LogP contribution in [0.5, 0.6) is 0 Å². The summed E-state index contributed by atoms with van der Waals surface area (Å²) in [7, 11) is -9.79. The van der Waals surface area contributed by atoms with Gasteiger partial charge in [0.05, 0.1) is 26.4 Å². The van der Waals surface area contributed by atoms with Crippen molar-refractivity contribution in [3.63, 3.8) is 0 Å². The number of rotatable bonds is 76. The number of aliphatic hydroxyl groups excluding tert-OH is 2. The normalized spacial score (nSPS) is 14.6. The molecule has 0 bridgehead atoms. The molecule has 101 heavy (non-hydrogen) atoms. The number of ether oxygens (including phenoxy) is 3. The number of allylic oxidation sites excluding steroid dienone is 18. The van der Waals surface area contributed by atoms with Crippen molar-refractivity contribution in [3.8, 4) is 0 Å². The SMILES string of the molecule is CCCCC/C=C\C/C=C\C/C=C\C/C=C\CCCCCCCCCCCCCCCCCC(=O)OCC(O)COP(=O)(O)OCC(O)COP(=O)(O)OCC(COC(=O)CCCCCCC/C=C\C/C=C\C/C=C\C/C=C\CCCCC)OC(=O)CCCCCCC/C=C\CCCCCC. The second-order valence-electron chi connectivity index (χ2n) is 26.9. The average Bonchev–Trinajstić information content (AvgIpc) is 0.936. The summed E-state index contributed by atoms with van der Waals surface area (Å²) in [6, 6.07) is 0. The highest BCUT2D eigenvalue weighted by Crippen LogP contribution is 2.45. The number of esters is 3. The van der Waals surface area contributed by atoms with Crippen molar-refractivity contribution in [2.45, 2.75) is 360 Å². The van der Waals surface area contributed by atoms with Gasteiger partial charge >= 0.3 is 33.6 Å². The van der Waals surface area contributed by atoms with Crippen molar-refractivity contribution < 1.29 is 75.8 Å². The number of carbonyl (C=O) groups excluding carboxylic acids is 3. The fraction of sp³-hybridized carbons (Fsp3) is 0.747. The summed E-state index contributed by atoms with van der Waals surface area (Å²) in [6.45, 7) is 2.60. The lowest BCUT2D eigenvalue weighted by Crippen LogP contribution is -2.30. The van der Waals surface area contributed by atoms with Crippen molar-refractivity contribution in [1.82, 2.24) is 0 Å². The minimum atomic E-state index is -4.93. The summed E-state index contributed by atoms with van der Waals surface area (Å²) in [5, 5.41) is 20.6. The molecule has 0 radical (unpaired) electrons. The summed E-state index contributed by atoms with van der Waals surface area (Å²) in [6.07, 6.45) is 88.6. The summed E-state index contributed by atoms with van der Waals surface area (Å²) in [5.74, 6) is -1.60. The molecular weight excluding hydrogens is 1310 g/mol. The number of unbranched alkanes of at least 4 members (excludes halogenated alkanes) is 35. The van der Waals surface area contributed by atoms with Crippen LogP contribution in [0, 0.1) is 0 Å². The van der Waals surface area contributed by atoms with E-state index >= 15 is 0 Å². The zero-order valence-electron chi connectivity index (χ0n) is 63.8. The summed E-state index contributed by atoms with van der Waals surface area (Å²) in [5.41, 5.74) is 0. The first-order chi connectivity index (χ1) is 49.2. The second-order valence-corrected chi connectivity index (χ2v) is 29.8. The van der Waals surface area contributed by atoms with Gasteiger partial charge in [0.2, 0.25) is 0 Å². The van der Waals surface area contributed by atoms with E-state index in [4.69, 9.17) is 32.3 Å². The van der Waals surface area contributed by atoms with Crippen LogP contribution in [-0.2, 0) is 55.8 Å². The fourth-order valence-electron chi connectivity index (χ4n) is 10.8. The summed E-state index contributed by atoms with van der Waals surface area (Å²) < 4.78 is 61.1. The summed E-state index contributed by atoms with van der Waals surface area (Å²) >= 11 is 0. The van der Waals surface area contributed by atoms with E-state index in [-0.39, 0.29) is 19.3 Å². The van der Waals surface area contributed by atoms with Crippen molar-refractivity contribution in [2.24, 2.45) is 0 Å².